The van der Waals surface area contributed by atoms with E-state index in [1.54, 1.807) is 0 Å². The van der Waals surface area contributed by atoms with E-state index in [-0.39, 0.29) is 11.8 Å². The van der Waals surface area contributed by atoms with E-state index in [0.717, 1.165) is 12.8 Å². The molecule has 16 heavy (non-hydrogen) atoms. The molecule has 3 atom stereocenters. The van der Waals surface area contributed by atoms with E-state index in [0.29, 0.717) is 25.3 Å². The maximum absolute atomic E-state index is 11.8. The number of carboxylic acids is 1. The molecular formula is C12H21NO3. The highest BCUT2D eigenvalue weighted by atomic mass is 16.4. The van der Waals surface area contributed by atoms with E-state index in [1.165, 1.54) is 0 Å². The highest BCUT2D eigenvalue weighted by Crippen LogP contribution is 2.31. The van der Waals surface area contributed by atoms with Crippen molar-refractivity contribution in [1.82, 2.24) is 5.32 Å². The molecule has 4 nitrogen and oxygen atoms in total. The predicted molar refractivity (Wildman–Crippen MR) is 60.9 cm³/mol. The Morgan fingerprint density at radius 3 is 2.56 bits per heavy atom. The summed E-state index contributed by atoms with van der Waals surface area (Å²) in [6.45, 7) is 4.80. The van der Waals surface area contributed by atoms with Crippen LogP contribution in [0.25, 0.3) is 0 Å². The average molecular weight is 227 g/mol. The molecule has 0 bridgehead atoms. The average Bonchev–Trinajstić information content (AvgIpc) is 2.74. The Kier molecular flexibility index (Phi) is 4.77. The second kappa shape index (κ2) is 5.87. The Balaban J connectivity index is 2.44. The lowest BCUT2D eigenvalue weighted by molar-refractivity contribution is -0.146. The molecule has 1 unspecified atom stereocenters. The van der Waals surface area contributed by atoms with Crippen LogP contribution in [0, 0.1) is 17.8 Å². The van der Waals surface area contributed by atoms with Gasteiger partial charge in [-0.3, -0.25) is 9.59 Å². The first kappa shape index (κ1) is 13.0. The lowest BCUT2D eigenvalue weighted by atomic mass is 9.95. The van der Waals surface area contributed by atoms with E-state index in [2.05, 4.69) is 19.2 Å². The van der Waals surface area contributed by atoms with Gasteiger partial charge in [0, 0.05) is 6.54 Å². The van der Waals surface area contributed by atoms with Crippen LogP contribution in [0.2, 0.25) is 0 Å². The lowest BCUT2D eigenvalue weighted by Crippen LogP contribution is -2.37. The third-order valence-corrected chi connectivity index (χ3v) is 3.49. The van der Waals surface area contributed by atoms with Gasteiger partial charge in [-0.15, -0.1) is 0 Å². The zero-order valence-electron chi connectivity index (χ0n) is 10.0. The summed E-state index contributed by atoms with van der Waals surface area (Å²) >= 11 is 0. The lowest BCUT2D eigenvalue weighted by Gasteiger charge is -2.17. The fourth-order valence-electron chi connectivity index (χ4n) is 2.12. The van der Waals surface area contributed by atoms with Gasteiger partial charge in [-0.1, -0.05) is 26.7 Å². The van der Waals surface area contributed by atoms with Gasteiger partial charge in [0.25, 0.3) is 0 Å². The molecule has 0 saturated heterocycles. The summed E-state index contributed by atoms with van der Waals surface area (Å²) in [6, 6.07) is 0. The van der Waals surface area contributed by atoms with E-state index < -0.39 is 11.9 Å². The summed E-state index contributed by atoms with van der Waals surface area (Å²) in [4.78, 5) is 22.7. The quantitative estimate of drug-likeness (QED) is 0.750. The van der Waals surface area contributed by atoms with Crippen LogP contribution in [-0.2, 0) is 9.59 Å². The molecule has 2 N–H and O–H groups in total. The number of carbonyl (C=O) groups excluding carboxylic acids is 1. The van der Waals surface area contributed by atoms with E-state index >= 15 is 0 Å². The molecule has 1 aliphatic carbocycles. The molecule has 1 fully saturated rings. The maximum atomic E-state index is 11.8. The largest absolute Gasteiger partial charge is 0.481 e. The third-order valence-electron chi connectivity index (χ3n) is 3.49. The van der Waals surface area contributed by atoms with Crippen LogP contribution < -0.4 is 5.32 Å². The zero-order valence-corrected chi connectivity index (χ0v) is 10.0. The van der Waals surface area contributed by atoms with Crippen molar-refractivity contribution in [2.24, 2.45) is 17.8 Å². The number of rotatable bonds is 5. The summed E-state index contributed by atoms with van der Waals surface area (Å²) < 4.78 is 0. The van der Waals surface area contributed by atoms with Gasteiger partial charge < -0.3 is 10.4 Å². The summed E-state index contributed by atoms with van der Waals surface area (Å²) in [5.41, 5.74) is 0. The Hall–Kier alpha value is -1.06. The van der Waals surface area contributed by atoms with Gasteiger partial charge in [0.1, 0.15) is 0 Å². The monoisotopic (exact) mass is 227 g/mol. The highest BCUT2D eigenvalue weighted by molar-refractivity contribution is 5.85. The molecule has 0 radical (unpaired) electrons. The van der Waals surface area contributed by atoms with Gasteiger partial charge in [-0.2, -0.15) is 0 Å². The van der Waals surface area contributed by atoms with E-state index in [4.69, 9.17) is 5.11 Å². The fourth-order valence-corrected chi connectivity index (χ4v) is 2.12. The van der Waals surface area contributed by atoms with Crippen LogP contribution in [0.3, 0.4) is 0 Å². The SMILES string of the molecule is CCC(C)CNC(=O)[C@@H]1CCC[C@@H]1C(=O)O. The highest BCUT2D eigenvalue weighted by Gasteiger charge is 2.37. The van der Waals surface area contributed by atoms with Crippen molar-refractivity contribution in [3.63, 3.8) is 0 Å². The molecule has 1 aliphatic rings. The molecule has 0 aliphatic heterocycles. The molecule has 4 heteroatoms. The van der Waals surface area contributed by atoms with Crippen LogP contribution in [0.4, 0.5) is 0 Å². The van der Waals surface area contributed by atoms with Gasteiger partial charge in [-0.25, -0.2) is 0 Å². The van der Waals surface area contributed by atoms with Crippen molar-refractivity contribution in [3.8, 4) is 0 Å². The van der Waals surface area contributed by atoms with Crippen molar-refractivity contribution >= 4 is 11.9 Å². The van der Waals surface area contributed by atoms with E-state index in [9.17, 15) is 9.59 Å². The number of hydrogen-bond donors (Lipinski definition) is 2. The minimum atomic E-state index is -0.832. The van der Waals surface area contributed by atoms with Gasteiger partial charge in [0.2, 0.25) is 5.91 Å². The summed E-state index contributed by atoms with van der Waals surface area (Å²) in [5, 5.41) is 11.8. The number of nitrogens with one attached hydrogen (secondary N) is 1. The van der Waals surface area contributed by atoms with Gasteiger partial charge in [-0.05, 0) is 18.8 Å². The fraction of sp³-hybridized carbons (Fsp3) is 0.833. The molecule has 0 heterocycles. The summed E-state index contributed by atoms with van der Waals surface area (Å²) in [6.07, 6.45) is 3.21. The predicted octanol–water partition coefficient (Wildman–Crippen LogP) is 1.65. The molecular weight excluding hydrogens is 206 g/mol. The molecule has 1 saturated carbocycles. The minimum Gasteiger partial charge on any atom is -0.481 e. The first-order chi connectivity index (χ1) is 7.56. The summed E-state index contributed by atoms with van der Waals surface area (Å²) in [7, 11) is 0. The van der Waals surface area contributed by atoms with Crippen molar-refractivity contribution in [2.75, 3.05) is 6.54 Å². The number of amides is 1. The number of hydrogen-bond acceptors (Lipinski definition) is 2. The van der Waals surface area contributed by atoms with Crippen LogP contribution in [0.15, 0.2) is 0 Å². The molecule has 0 aromatic carbocycles. The third kappa shape index (κ3) is 3.22. The minimum absolute atomic E-state index is 0.0785. The molecule has 0 aromatic rings. The van der Waals surface area contributed by atoms with Crippen LogP contribution in [0.5, 0.6) is 0 Å². The van der Waals surface area contributed by atoms with Crippen molar-refractivity contribution < 1.29 is 14.7 Å². The first-order valence-corrected chi connectivity index (χ1v) is 6.06. The van der Waals surface area contributed by atoms with Crippen LogP contribution in [-0.4, -0.2) is 23.5 Å². The Labute approximate surface area is 96.4 Å². The van der Waals surface area contributed by atoms with Gasteiger partial charge in [0.05, 0.1) is 11.8 Å². The zero-order chi connectivity index (χ0) is 12.1. The maximum Gasteiger partial charge on any atom is 0.307 e. The Morgan fingerprint density at radius 1 is 1.38 bits per heavy atom. The molecule has 1 amide bonds. The number of carboxylic acid groups (broad SMARTS) is 1. The van der Waals surface area contributed by atoms with E-state index in [1.807, 2.05) is 0 Å². The smallest absolute Gasteiger partial charge is 0.307 e. The topological polar surface area (TPSA) is 66.4 Å². The molecule has 0 aromatic heterocycles. The first-order valence-electron chi connectivity index (χ1n) is 6.06. The van der Waals surface area contributed by atoms with Gasteiger partial charge in [0.15, 0.2) is 0 Å². The van der Waals surface area contributed by atoms with Gasteiger partial charge >= 0.3 is 5.97 Å². The summed E-state index contributed by atoms with van der Waals surface area (Å²) in [5.74, 6) is -1.25. The molecule has 1 rings (SSSR count). The second-order valence-corrected chi connectivity index (χ2v) is 4.74. The Morgan fingerprint density at radius 2 is 2.00 bits per heavy atom. The molecule has 92 valence electrons. The second-order valence-electron chi connectivity index (χ2n) is 4.74. The van der Waals surface area contributed by atoms with Crippen molar-refractivity contribution in [2.45, 2.75) is 39.5 Å². The van der Waals surface area contributed by atoms with Crippen LogP contribution in [0.1, 0.15) is 39.5 Å². The molecule has 0 spiro atoms. The standard InChI is InChI=1S/C12H21NO3/c1-3-8(2)7-13-11(14)9-5-4-6-10(9)12(15)16/h8-10H,3-7H2,1-2H3,(H,13,14)(H,15,16)/t8?,9-,10+/m1/s1. The number of carbonyl (C=O) groups is 2. The number of aliphatic carboxylic acids is 1. The normalized spacial score (nSPS) is 26.4. The Bertz CT molecular complexity index is 265. The van der Waals surface area contributed by atoms with Crippen molar-refractivity contribution in [1.29, 1.82) is 0 Å². The van der Waals surface area contributed by atoms with Crippen molar-refractivity contribution in [3.05, 3.63) is 0 Å². The van der Waals surface area contributed by atoms with Crippen LogP contribution >= 0.6 is 0 Å².